The molecule has 0 fully saturated rings. The van der Waals surface area contributed by atoms with E-state index in [4.69, 9.17) is 4.55 Å². The van der Waals surface area contributed by atoms with Crippen molar-refractivity contribution in [3.8, 4) is 0 Å². The lowest BCUT2D eigenvalue weighted by Gasteiger charge is -1.70. The summed E-state index contributed by atoms with van der Waals surface area (Å²) in [5.41, 5.74) is 0. The highest BCUT2D eigenvalue weighted by molar-refractivity contribution is 8.08. The van der Waals surface area contributed by atoms with Crippen LogP contribution in [-0.2, 0) is 0 Å². The number of hydrogen-bond donors (Lipinski definition) is 1. The average Bonchev–Trinajstić information content (AvgIpc) is 0.811. The van der Waals surface area contributed by atoms with E-state index in [1.165, 1.54) is 0 Å². The van der Waals surface area contributed by atoms with Crippen LogP contribution in [0.25, 0.3) is 0 Å². The summed E-state index contributed by atoms with van der Waals surface area (Å²) in [5, 5.41) is 0. The molecule has 1 nitrogen and oxygen atoms in total. The van der Waals surface area contributed by atoms with Gasteiger partial charge < -0.3 is 4.55 Å². The predicted molar refractivity (Wildman–Crippen MR) is 23.3 cm³/mol. The fourth-order valence-electron chi connectivity index (χ4n) is 0. The minimum Gasteiger partial charge on any atom is -0.338 e. The second kappa shape index (κ2) is 1.49. The van der Waals surface area contributed by atoms with Crippen molar-refractivity contribution in [1.82, 2.24) is 0 Å². The summed E-state index contributed by atoms with van der Waals surface area (Å²) in [6, 6.07) is 0. The SMILES string of the molecule is C=S(C)O. The van der Waals surface area contributed by atoms with Crippen molar-refractivity contribution in [1.29, 1.82) is 0 Å². The largest absolute Gasteiger partial charge is 0.338 e. The third kappa shape index (κ3) is 93.7. The Hall–Kier alpha value is 0.180. The summed E-state index contributed by atoms with van der Waals surface area (Å²) in [6.07, 6.45) is 1.64. The Kier molecular flexibility index (Phi) is 1.56. The molecule has 26 valence electrons. The Morgan fingerprint density at radius 1 is 2.00 bits per heavy atom. The molecule has 0 heterocycles. The molecule has 0 spiro atoms. The first-order valence-electron chi connectivity index (χ1n) is 0.879. The van der Waals surface area contributed by atoms with Crippen LogP contribution in [0.3, 0.4) is 0 Å². The van der Waals surface area contributed by atoms with Crippen molar-refractivity contribution >= 4 is 16.6 Å². The van der Waals surface area contributed by atoms with E-state index in [9.17, 15) is 0 Å². The van der Waals surface area contributed by atoms with Crippen LogP contribution in [0.15, 0.2) is 0 Å². The van der Waals surface area contributed by atoms with Gasteiger partial charge in [-0.1, -0.05) is 16.6 Å². The summed E-state index contributed by atoms with van der Waals surface area (Å²) in [6.45, 7) is 0. The summed E-state index contributed by atoms with van der Waals surface area (Å²) in [5.74, 6) is 3.22. The summed E-state index contributed by atoms with van der Waals surface area (Å²) in [4.78, 5) is 0. The van der Waals surface area contributed by atoms with Gasteiger partial charge in [0.05, 0.1) is 0 Å². The molecule has 0 aliphatic carbocycles. The van der Waals surface area contributed by atoms with Crippen LogP contribution in [0.2, 0.25) is 0 Å². The van der Waals surface area contributed by atoms with Gasteiger partial charge in [0.15, 0.2) is 0 Å². The van der Waals surface area contributed by atoms with E-state index in [2.05, 4.69) is 5.87 Å². The van der Waals surface area contributed by atoms with Gasteiger partial charge in [-0.15, -0.1) is 0 Å². The van der Waals surface area contributed by atoms with Crippen molar-refractivity contribution in [3.05, 3.63) is 0 Å². The van der Waals surface area contributed by atoms with Crippen LogP contribution in [0, 0.1) is 0 Å². The second-order valence-electron chi connectivity index (χ2n) is 0.600. The third-order valence-corrected chi connectivity index (χ3v) is 0. The molecule has 0 saturated carbocycles. The molecule has 0 rings (SSSR count). The van der Waals surface area contributed by atoms with Crippen molar-refractivity contribution < 1.29 is 4.55 Å². The zero-order valence-corrected chi connectivity index (χ0v) is 3.38. The second-order valence-corrected chi connectivity index (χ2v) is 1.80. The molecule has 4 heavy (non-hydrogen) atoms. The molecule has 0 aromatic rings. The number of hydrogen-bond acceptors (Lipinski definition) is 1. The number of rotatable bonds is 0. The van der Waals surface area contributed by atoms with E-state index in [0.717, 1.165) is 0 Å². The van der Waals surface area contributed by atoms with Crippen LogP contribution < -0.4 is 0 Å². The highest BCUT2D eigenvalue weighted by Crippen LogP contribution is 1.84. The molecule has 0 aliphatic rings. The monoisotopic (exact) mass is 78.0 g/mol. The van der Waals surface area contributed by atoms with Crippen LogP contribution in [0.1, 0.15) is 0 Å². The molecule has 0 radical (unpaired) electrons. The molecule has 1 atom stereocenters. The van der Waals surface area contributed by atoms with Crippen molar-refractivity contribution in [2.24, 2.45) is 0 Å². The van der Waals surface area contributed by atoms with Crippen LogP contribution >= 0.6 is 10.8 Å². The van der Waals surface area contributed by atoms with Gasteiger partial charge in [0.25, 0.3) is 0 Å². The van der Waals surface area contributed by atoms with Gasteiger partial charge in [-0.2, -0.15) is 0 Å². The molecule has 1 unspecified atom stereocenters. The zero-order valence-electron chi connectivity index (χ0n) is 2.56. The maximum atomic E-state index is 7.97. The summed E-state index contributed by atoms with van der Waals surface area (Å²) >= 11 is 0. The maximum absolute atomic E-state index is 7.97. The van der Waals surface area contributed by atoms with Crippen LogP contribution in [-0.4, -0.2) is 16.7 Å². The van der Waals surface area contributed by atoms with Crippen LogP contribution in [0.4, 0.5) is 0 Å². The van der Waals surface area contributed by atoms with Gasteiger partial charge in [0, 0.05) is 6.26 Å². The van der Waals surface area contributed by atoms with Gasteiger partial charge in [0.1, 0.15) is 0 Å². The van der Waals surface area contributed by atoms with E-state index in [1.807, 2.05) is 0 Å². The molecule has 0 aliphatic heterocycles. The molecular weight excluding hydrogens is 72.1 g/mol. The highest BCUT2D eigenvalue weighted by atomic mass is 32.2. The van der Waals surface area contributed by atoms with E-state index in [-0.39, 0.29) is 0 Å². The normalized spacial score (nSPS) is 15.5. The lowest BCUT2D eigenvalue weighted by atomic mass is 11.9. The first-order valence-corrected chi connectivity index (χ1v) is 2.64. The summed E-state index contributed by atoms with van der Waals surface area (Å²) in [7, 11) is -0.611. The molecule has 1 N–H and O–H groups in total. The van der Waals surface area contributed by atoms with Gasteiger partial charge in [-0.25, -0.2) is 0 Å². The topological polar surface area (TPSA) is 20.2 Å². The van der Waals surface area contributed by atoms with E-state index in [0.29, 0.717) is 0 Å². The van der Waals surface area contributed by atoms with Crippen molar-refractivity contribution in [2.45, 2.75) is 0 Å². The molecule has 0 aromatic heterocycles. The lowest BCUT2D eigenvalue weighted by molar-refractivity contribution is 0.666. The highest BCUT2D eigenvalue weighted by Gasteiger charge is 1.48. The van der Waals surface area contributed by atoms with Crippen molar-refractivity contribution in [3.63, 3.8) is 0 Å². The van der Waals surface area contributed by atoms with Gasteiger partial charge in [-0.05, 0) is 0 Å². The molecule has 0 bridgehead atoms. The first kappa shape index (κ1) is 4.18. The maximum Gasteiger partial charge on any atom is 0.0000796 e. The quantitative estimate of drug-likeness (QED) is 0.425. The molecule has 0 aromatic carbocycles. The Bertz CT molecular complexity index is 29.0. The van der Waals surface area contributed by atoms with E-state index >= 15 is 0 Å². The Balaban J connectivity index is 2.80. The fraction of sp³-hybridized carbons (Fsp3) is 0.500. The third-order valence-electron chi connectivity index (χ3n) is 0. The van der Waals surface area contributed by atoms with E-state index < -0.39 is 10.8 Å². The van der Waals surface area contributed by atoms with Gasteiger partial charge >= 0.3 is 0 Å². The van der Waals surface area contributed by atoms with Crippen LogP contribution in [0.5, 0.6) is 0 Å². The predicted octanol–water partition coefficient (Wildman–Crippen LogP) is 0.790. The summed E-state index contributed by atoms with van der Waals surface area (Å²) < 4.78 is 7.97. The van der Waals surface area contributed by atoms with Gasteiger partial charge in [0.2, 0.25) is 0 Å². The fourth-order valence-corrected chi connectivity index (χ4v) is 0. The first-order chi connectivity index (χ1) is 1.73. The standard InChI is InChI=1S/C2H6OS/c1-4(2)3/h3H,1H2,2H3. The van der Waals surface area contributed by atoms with Gasteiger partial charge in [-0.3, -0.25) is 0 Å². The Morgan fingerprint density at radius 2 is 2.00 bits per heavy atom. The molecular formula is C2H6OS. The van der Waals surface area contributed by atoms with E-state index in [1.54, 1.807) is 6.26 Å². The molecule has 0 amide bonds. The average molecular weight is 78.1 g/mol. The zero-order chi connectivity index (χ0) is 3.58. The Morgan fingerprint density at radius 3 is 2.00 bits per heavy atom. The minimum absolute atomic E-state index is 0.611. The molecule has 2 heteroatoms. The van der Waals surface area contributed by atoms with Crippen molar-refractivity contribution in [2.75, 3.05) is 6.26 Å². The smallest absolute Gasteiger partial charge is 0.0000796 e. The minimum atomic E-state index is -0.611. The molecule has 0 saturated heterocycles. The lowest BCUT2D eigenvalue weighted by Crippen LogP contribution is -1.45. The Labute approximate surface area is 28.4 Å².